The predicted molar refractivity (Wildman–Crippen MR) is 97.6 cm³/mol. The van der Waals surface area contributed by atoms with E-state index in [0.717, 1.165) is 19.0 Å². The van der Waals surface area contributed by atoms with Gasteiger partial charge in [0.05, 0.1) is 0 Å². The summed E-state index contributed by atoms with van der Waals surface area (Å²) in [4.78, 5) is 30.0. The normalized spacial score (nSPS) is 15.3. The van der Waals surface area contributed by atoms with E-state index in [0.29, 0.717) is 18.8 Å². The fourth-order valence-corrected chi connectivity index (χ4v) is 3.07. The highest BCUT2D eigenvalue weighted by molar-refractivity contribution is 7.80. The number of thiocarbonyl (C=S) groups is 1. The molecule has 1 aliphatic rings. The minimum absolute atomic E-state index is 0.0766. The maximum Gasteiger partial charge on any atom is 0.265 e. The molecule has 130 valence electrons. The third kappa shape index (κ3) is 3.21. The zero-order valence-electron chi connectivity index (χ0n) is 14.5. The summed E-state index contributed by atoms with van der Waals surface area (Å²) in [5.74, 6) is 0.447. The molecule has 0 saturated carbocycles. The standard InChI is InChI=1S/C17H23N3O3S/c1-5-18(6-2)14-10-9-12(23-14)11-13-15(21)19(7-3)17(24)20(8-4)16(13)22/h9-11H,5-8H2,1-4H3. The van der Waals surface area contributed by atoms with Gasteiger partial charge in [-0.2, -0.15) is 0 Å². The number of carbonyl (C=O) groups is 2. The van der Waals surface area contributed by atoms with Gasteiger partial charge in [0.25, 0.3) is 11.8 Å². The zero-order valence-corrected chi connectivity index (χ0v) is 15.4. The van der Waals surface area contributed by atoms with Crippen LogP contribution in [-0.4, -0.2) is 52.9 Å². The molecule has 0 aromatic carbocycles. The number of furan rings is 1. The molecule has 7 heteroatoms. The van der Waals surface area contributed by atoms with E-state index in [4.69, 9.17) is 16.6 Å². The Kier molecular flexibility index (Phi) is 5.77. The highest BCUT2D eigenvalue weighted by Crippen LogP contribution is 2.24. The van der Waals surface area contributed by atoms with E-state index in [1.165, 1.54) is 15.9 Å². The minimum Gasteiger partial charge on any atom is -0.441 e. The van der Waals surface area contributed by atoms with E-state index in [-0.39, 0.29) is 22.5 Å². The number of nitrogens with zero attached hydrogens (tertiary/aromatic N) is 3. The van der Waals surface area contributed by atoms with Crippen LogP contribution in [0.15, 0.2) is 22.1 Å². The summed E-state index contributed by atoms with van der Waals surface area (Å²) in [7, 11) is 0. The molecular weight excluding hydrogens is 326 g/mol. The molecule has 0 N–H and O–H groups in total. The molecule has 1 aliphatic heterocycles. The van der Waals surface area contributed by atoms with Crippen molar-refractivity contribution in [2.24, 2.45) is 0 Å². The Morgan fingerprint density at radius 3 is 2.04 bits per heavy atom. The lowest BCUT2D eigenvalue weighted by Crippen LogP contribution is -2.55. The Labute approximate surface area is 147 Å². The average Bonchev–Trinajstić information content (AvgIpc) is 3.02. The van der Waals surface area contributed by atoms with Gasteiger partial charge in [0.15, 0.2) is 11.0 Å². The molecular formula is C17H23N3O3S. The maximum absolute atomic E-state index is 12.6. The van der Waals surface area contributed by atoms with Crippen LogP contribution in [0.25, 0.3) is 6.08 Å². The summed E-state index contributed by atoms with van der Waals surface area (Å²) < 4.78 is 5.77. The topological polar surface area (TPSA) is 57.0 Å². The lowest BCUT2D eigenvalue weighted by molar-refractivity contribution is -0.133. The number of likely N-dealkylation sites (N-methyl/N-ethyl adjacent to an activating group) is 2. The van der Waals surface area contributed by atoms with Crippen molar-refractivity contribution in [3.8, 4) is 0 Å². The van der Waals surface area contributed by atoms with Gasteiger partial charge in [-0.1, -0.05) is 0 Å². The molecule has 2 amide bonds. The fourth-order valence-electron chi connectivity index (χ4n) is 2.65. The van der Waals surface area contributed by atoms with Crippen LogP contribution in [0.5, 0.6) is 0 Å². The molecule has 0 unspecified atom stereocenters. The molecule has 1 fully saturated rings. The van der Waals surface area contributed by atoms with Crippen LogP contribution < -0.4 is 4.90 Å². The van der Waals surface area contributed by atoms with Crippen molar-refractivity contribution in [1.29, 1.82) is 0 Å². The number of anilines is 1. The Bertz CT molecular complexity index is 648. The van der Waals surface area contributed by atoms with Crippen molar-refractivity contribution >= 4 is 41.1 Å². The predicted octanol–water partition coefficient (Wildman–Crippen LogP) is 2.50. The number of rotatable bonds is 6. The van der Waals surface area contributed by atoms with Gasteiger partial charge >= 0.3 is 0 Å². The Balaban J connectivity index is 2.38. The van der Waals surface area contributed by atoms with E-state index in [1.807, 2.05) is 33.8 Å². The van der Waals surface area contributed by atoms with Crippen molar-refractivity contribution in [2.75, 3.05) is 31.1 Å². The molecule has 6 nitrogen and oxygen atoms in total. The molecule has 0 aliphatic carbocycles. The number of carbonyl (C=O) groups excluding carboxylic acids is 2. The van der Waals surface area contributed by atoms with Gasteiger partial charge in [0.1, 0.15) is 11.3 Å². The van der Waals surface area contributed by atoms with Crippen LogP contribution in [-0.2, 0) is 9.59 Å². The SMILES string of the molecule is CCN1C(=O)C(=Cc2ccc(N(CC)CC)o2)C(=O)N(CC)C1=S. The summed E-state index contributed by atoms with van der Waals surface area (Å²) in [5.41, 5.74) is 0.0766. The maximum atomic E-state index is 12.6. The number of amides is 2. The summed E-state index contributed by atoms with van der Waals surface area (Å²) >= 11 is 5.24. The molecule has 0 atom stereocenters. The smallest absolute Gasteiger partial charge is 0.265 e. The minimum atomic E-state index is -0.377. The second-order valence-electron chi connectivity index (χ2n) is 5.29. The van der Waals surface area contributed by atoms with Gasteiger partial charge < -0.3 is 9.32 Å². The van der Waals surface area contributed by atoms with Gasteiger partial charge in [-0.15, -0.1) is 0 Å². The summed E-state index contributed by atoms with van der Waals surface area (Å²) in [6.07, 6.45) is 1.50. The first-order chi connectivity index (χ1) is 11.5. The molecule has 0 bridgehead atoms. The molecule has 0 spiro atoms. The highest BCUT2D eigenvalue weighted by atomic mass is 32.1. The van der Waals surface area contributed by atoms with Gasteiger partial charge in [-0.3, -0.25) is 19.4 Å². The van der Waals surface area contributed by atoms with Crippen LogP contribution in [0.2, 0.25) is 0 Å². The van der Waals surface area contributed by atoms with E-state index in [2.05, 4.69) is 4.90 Å². The first-order valence-electron chi connectivity index (χ1n) is 8.22. The van der Waals surface area contributed by atoms with Crippen LogP contribution in [0.4, 0.5) is 5.88 Å². The first kappa shape index (κ1) is 18.2. The molecule has 1 saturated heterocycles. The molecule has 2 heterocycles. The Morgan fingerprint density at radius 1 is 1.04 bits per heavy atom. The summed E-state index contributed by atoms with van der Waals surface area (Å²) in [5, 5.41) is 0.260. The van der Waals surface area contributed by atoms with E-state index in [1.54, 1.807) is 6.07 Å². The molecule has 1 aromatic heterocycles. The lowest BCUT2D eigenvalue weighted by atomic mass is 10.1. The third-order valence-corrected chi connectivity index (χ3v) is 4.46. The van der Waals surface area contributed by atoms with Crippen molar-refractivity contribution < 1.29 is 14.0 Å². The second-order valence-corrected chi connectivity index (χ2v) is 5.65. The Morgan fingerprint density at radius 2 is 1.58 bits per heavy atom. The van der Waals surface area contributed by atoms with E-state index < -0.39 is 0 Å². The molecule has 0 radical (unpaired) electrons. The van der Waals surface area contributed by atoms with Crippen LogP contribution in [0, 0.1) is 0 Å². The van der Waals surface area contributed by atoms with Gasteiger partial charge in [0, 0.05) is 32.2 Å². The van der Waals surface area contributed by atoms with Crippen molar-refractivity contribution in [1.82, 2.24) is 9.80 Å². The first-order valence-corrected chi connectivity index (χ1v) is 8.63. The van der Waals surface area contributed by atoms with Crippen LogP contribution in [0.3, 0.4) is 0 Å². The third-order valence-electron chi connectivity index (χ3n) is 4.02. The molecule has 2 rings (SSSR count). The van der Waals surface area contributed by atoms with Crippen molar-refractivity contribution in [3.63, 3.8) is 0 Å². The van der Waals surface area contributed by atoms with Crippen molar-refractivity contribution in [3.05, 3.63) is 23.5 Å². The highest BCUT2D eigenvalue weighted by Gasteiger charge is 2.38. The number of hydrogen-bond acceptors (Lipinski definition) is 5. The quantitative estimate of drug-likeness (QED) is 0.449. The van der Waals surface area contributed by atoms with Crippen LogP contribution in [0.1, 0.15) is 33.5 Å². The van der Waals surface area contributed by atoms with Gasteiger partial charge in [0.2, 0.25) is 0 Å². The van der Waals surface area contributed by atoms with E-state index in [9.17, 15) is 9.59 Å². The zero-order chi connectivity index (χ0) is 17.9. The second kappa shape index (κ2) is 7.61. The lowest BCUT2D eigenvalue weighted by Gasteiger charge is -2.35. The van der Waals surface area contributed by atoms with Crippen LogP contribution >= 0.6 is 12.2 Å². The van der Waals surface area contributed by atoms with Gasteiger partial charge in [-0.05, 0) is 52.1 Å². The van der Waals surface area contributed by atoms with Gasteiger partial charge in [-0.25, -0.2) is 0 Å². The Hall–Kier alpha value is -2.15. The fraction of sp³-hybridized carbons (Fsp3) is 0.471. The van der Waals surface area contributed by atoms with E-state index >= 15 is 0 Å². The number of hydrogen-bond donors (Lipinski definition) is 0. The summed E-state index contributed by atoms with van der Waals surface area (Å²) in [6.45, 7) is 10.2. The van der Waals surface area contributed by atoms with Crippen molar-refractivity contribution in [2.45, 2.75) is 27.7 Å². The summed E-state index contributed by atoms with van der Waals surface area (Å²) in [6, 6.07) is 3.61. The molecule has 24 heavy (non-hydrogen) atoms. The molecule has 1 aromatic rings. The monoisotopic (exact) mass is 349 g/mol. The average molecular weight is 349 g/mol. The largest absolute Gasteiger partial charge is 0.441 e.